The number of carbonyl (C=O) groups excluding carboxylic acids is 1. The number of amides is 1. The van der Waals surface area contributed by atoms with E-state index in [0.29, 0.717) is 12.0 Å². The summed E-state index contributed by atoms with van der Waals surface area (Å²) in [6, 6.07) is 5.82. The molecule has 0 saturated carbocycles. The van der Waals surface area contributed by atoms with Gasteiger partial charge in [-0.2, -0.15) is 0 Å². The molecule has 0 aliphatic heterocycles. The van der Waals surface area contributed by atoms with E-state index in [4.69, 9.17) is 0 Å². The Morgan fingerprint density at radius 2 is 2.00 bits per heavy atom. The number of para-hydroxylation sites is 1. The molecule has 6 nitrogen and oxygen atoms in total. The number of rotatable bonds is 6. The SMILES string of the molecule is CC(C)(C)CC(CO)NC(=O)Cc1ccccc1[N+](=O)[O-]. The third-order valence-electron chi connectivity index (χ3n) is 2.98. The first kappa shape index (κ1) is 17.1. The highest BCUT2D eigenvalue weighted by Gasteiger charge is 2.21. The van der Waals surface area contributed by atoms with Crippen molar-refractivity contribution in [3.8, 4) is 0 Å². The van der Waals surface area contributed by atoms with Crippen LogP contribution in [0, 0.1) is 15.5 Å². The van der Waals surface area contributed by atoms with Crippen molar-refractivity contribution in [3.05, 3.63) is 39.9 Å². The molecule has 1 atom stereocenters. The van der Waals surface area contributed by atoms with Crippen LogP contribution in [-0.4, -0.2) is 28.6 Å². The summed E-state index contributed by atoms with van der Waals surface area (Å²) >= 11 is 0. The lowest BCUT2D eigenvalue weighted by Crippen LogP contribution is -2.40. The highest BCUT2D eigenvalue weighted by molar-refractivity contribution is 5.80. The minimum Gasteiger partial charge on any atom is -0.394 e. The summed E-state index contributed by atoms with van der Waals surface area (Å²) in [5.41, 5.74) is 0.274. The summed E-state index contributed by atoms with van der Waals surface area (Å²) in [6.45, 7) is 5.90. The number of nitro groups is 1. The zero-order valence-corrected chi connectivity index (χ0v) is 12.6. The van der Waals surface area contributed by atoms with E-state index in [1.807, 2.05) is 20.8 Å². The van der Waals surface area contributed by atoms with E-state index < -0.39 is 4.92 Å². The molecule has 1 aromatic carbocycles. The average molecular weight is 294 g/mol. The van der Waals surface area contributed by atoms with Crippen LogP contribution in [0.15, 0.2) is 24.3 Å². The lowest BCUT2D eigenvalue weighted by Gasteiger charge is -2.25. The van der Waals surface area contributed by atoms with Gasteiger partial charge in [-0.3, -0.25) is 14.9 Å². The van der Waals surface area contributed by atoms with Crippen LogP contribution in [0.1, 0.15) is 32.8 Å². The maximum Gasteiger partial charge on any atom is 0.273 e. The quantitative estimate of drug-likeness (QED) is 0.620. The van der Waals surface area contributed by atoms with E-state index in [9.17, 15) is 20.0 Å². The van der Waals surface area contributed by atoms with Crippen LogP contribution >= 0.6 is 0 Å². The van der Waals surface area contributed by atoms with Gasteiger partial charge in [0.1, 0.15) is 0 Å². The summed E-state index contributed by atoms with van der Waals surface area (Å²) in [4.78, 5) is 22.4. The van der Waals surface area contributed by atoms with E-state index in [1.165, 1.54) is 6.07 Å². The minimum atomic E-state index is -0.499. The molecule has 1 aromatic rings. The Morgan fingerprint density at radius 1 is 1.38 bits per heavy atom. The van der Waals surface area contributed by atoms with Crippen LogP contribution in [0.2, 0.25) is 0 Å². The van der Waals surface area contributed by atoms with Gasteiger partial charge < -0.3 is 10.4 Å². The zero-order valence-electron chi connectivity index (χ0n) is 12.6. The van der Waals surface area contributed by atoms with Crippen molar-refractivity contribution in [2.75, 3.05) is 6.61 Å². The van der Waals surface area contributed by atoms with Crippen molar-refractivity contribution in [2.24, 2.45) is 5.41 Å². The van der Waals surface area contributed by atoms with Crippen LogP contribution < -0.4 is 5.32 Å². The highest BCUT2D eigenvalue weighted by Crippen LogP contribution is 2.21. The maximum absolute atomic E-state index is 12.0. The Bertz CT molecular complexity index is 509. The molecule has 0 spiro atoms. The maximum atomic E-state index is 12.0. The van der Waals surface area contributed by atoms with Crippen molar-refractivity contribution >= 4 is 11.6 Å². The average Bonchev–Trinajstić information content (AvgIpc) is 2.36. The van der Waals surface area contributed by atoms with Crippen LogP contribution in [-0.2, 0) is 11.2 Å². The van der Waals surface area contributed by atoms with Gasteiger partial charge in [0.15, 0.2) is 0 Å². The van der Waals surface area contributed by atoms with Crippen molar-refractivity contribution in [1.29, 1.82) is 0 Å². The molecule has 1 unspecified atom stereocenters. The van der Waals surface area contributed by atoms with E-state index in [1.54, 1.807) is 18.2 Å². The molecule has 1 amide bonds. The van der Waals surface area contributed by atoms with Gasteiger partial charge in [-0.25, -0.2) is 0 Å². The Balaban J connectivity index is 2.71. The second-order valence-electron chi connectivity index (χ2n) is 6.27. The lowest BCUT2D eigenvalue weighted by molar-refractivity contribution is -0.385. The van der Waals surface area contributed by atoms with Gasteiger partial charge in [0.25, 0.3) is 5.69 Å². The van der Waals surface area contributed by atoms with Crippen molar-refractivity contribution in [3.63, 3.8) is 0 Å². The molecule has 21 heavy (non-hydrogen) atoms. The first-order valence-electron chi connectivity index (χ1n) is 6.85. The van der Waals surface area contributed by atoms with E-state index in [-0.39, 0.29) is 36.1 Å². The first-order chi connectivity index (χ1) is 9.73. The fourth-order valence-electron chi connectivity index (χ4n) is 2.19. The van der Waals surface area contributed by atoms with E-state index in [0.717, 1.165) is 0 Å². The van der Waals surface area contributed by atoms with E-state index in [2.05, 4.69) is 5.32 Å². The summed E-state index contributed by atoms with van der Waals surface area (Å²) in [5.74, 6) is -0.326. The molecule has 0 aliphatic rings. The van der Waals surface area contributed by atoms with Gasteiger partial charge >= 0.3 is 0 Å². The van der Waals surface area contributed by atoms with Crippen molar-refractivity contribution in [2.45, 2.75) is 39.7 Å². The fourth-order valence-corrected chi connectivity index (χ4v) is 2.19. The van der Waals surface area contributed by atoms with E-state index >= 15 is 0 Å². The third-order valence-corrected chi connectivity index (χ3v) is 2.98. The van der Waals surface area contributed by atoms with Crippen LogP contribution in [0.4, 0.5) is 5.69 Å². The Hall–Kier alpha value is -1.95. The number of carbonyl (C=O) groups is 1. The summed E-state index contributed by atoms with van der Waals surface area (Å²) in [5, 5.41) is 23.0. The second-order valence-corrected chi connectivity index (χ2v) is 6.27. The van der Waals surface area contributed by atoms with Crippen molar-refractivity contribution < 1.29 is 14.8 Å². The number of hydrogen-bond donors (Lipinski definition) is 2. The number of aliphatic hydroxyl groups is 1. The zero-order chi connectivity index (χ0) is 16.0. The van der Waals surface area contributed by atoms with Crippen LogP contribution in [0.5, 0.6) is 0 Å². The minimum absolute atomic E-state index is 0.0284. The molecule has 6 heteroatoms. The lowest BCUT2D eigenvalue weighted by atomic mass is 9.88. The topological polar surface area (TPSA) is 92.5 Å². The fraction of sp³-hybridized carbons (Fsp3) is 0.533. The van der Waals surface area contributed by atoms with Crippen LogP contribution in [0.25, 0.3) is 0 Å². The van der Waals surface area contributed by atoms with Crippen LogP contribution in [0.3, 0.4) is 0 Å². The first-order valence-corrected chi connectivity index (χ1v) is 6.85. The molecule has 2 N–H and O–H groups in total. The molecule has 0 aromatic heterocycles. The molecule has 116 valence electrons. The molecule has 0 heterocycles. The monoisotopic (exact) mass is 294 g/mol. The normalized spacial score (nSPS) is 12.8. The molecule has 1 rings (SSSR count). The van der Waals surface area contributed by atoms with Crippen molar-refractivity contribution in [1.82, 2.24) is 5.32 Å². The summed E-state index contributed by atoms with van der Waals surface area (Å²) in [7, 11) is 0. The highest BCUT2D eigenvalue weighted by atomic mass is 16.6. The van der Waals surface area contributed by atoms with Gasteiger partial charge in [-0.05, 0) is 11.8 Å². The largest absolute Gasteiger partial charge is 0.394 e. The number of nitrogens with zero attached hydrogens (tertiary/aromatic N) is 1. The molecule has 0 fully saturated rings. The van der Waals surface area contributed by atoms with Gasteiger partial charge in [0, 0.05) is 11.6 Å². The number of nitrogens with one attached hydrogen (secondary N) is 1. The number of hydrogen-bond acceptors (Lipinski definition) is 4. The number of benzene rings is 1. The molecular formula is C15H22N2O4. The Labute approximate surface area is 124 Å². The van der Waals surface area contributed by atoms with Gasteiger partial charge in [-0.1, -0.05) is 39.0 Å². The predicted octanol–water partition coefficient (Wildman–Crippen LogP) is 2.05. The van der Waals surface area contributed by atoms with Gasteiger partial charge in [-0.15, -0.1) is 0 Å². The number of aliphatic hydroxyl groups excluding tert-OH is 1. The molecule has 0 bridgehead atoms. The Morgan fingerprint density at radius 3 is 2.52 bits per heavy atom. The van der Waals surface area contributed by atoms with Gasteiger partial charge in [0.2, 0.25) is 5.91 Å². The smallest absolute Gasteiger partial charge is 0.273 e. The predicted molar refractivity (Wildman–Crippen MR) is 79.9 cm³/mol. The summed E-state index contributed by atoms with van der Waals surface area (Å²) in [6.07, 6.45) is 0.559. The number of nitro benzene ring substituents is 1. The standard InChI is InChI=1S/C15H22N2O4/c1-15(2,3)9-12(10-18)16-14(19)8-11-6-4-5-7-13(11)17(20)21/h4-7,12,18H,8-10H2,1-3H3,(H,16,19). The third kappa shape index (κ3) is 5.91. The molecular weight excluding hydrogens is 272 g/mol. The summed E-state index contributed by atoms with van der Waals surface area (Å²) < 4.78 is 0. The molecule has 0 aliphatic carbocycles. The van der Waals surface area contributed by atoms with Gasteiger partial charge in [0.05, 0.1) is 24.0 Å². The molecule has 0 radical (unpaired) electrons. The Kier molecular flexibility index (Phi) is 5.84. The molecule has 0 saturated heterocycles. The second kappa shape index (κ2) is 7.17.